The predicted octanol–water partition coefficient (Wildman–Crippen LogP) is 6.75. The van der Waals surface area contributed by atoms with Crippen molar-refractivity contribution in [1.82, 2.24) is 9.88 Å². The molecule has 1 aliphatic heterocycles. The topological polar surface area (TPSA) is 16.1 Å². The zero-order valence-electron chi connectivity index (χ0n) is 19.1. The number of aromatic nitrogens is 1. The lowest BCUT2D eigenvalue weighted by Gasteiger charge is -2.48. The van der Waals surface area contributed by atoms with Crippen LogP contribution in [0.5, 0.6) is 0 Å². The van der Waals surface area contributed by atoms with Crippen molar-refractivity contribution in [2.24, 2.45) is 11.3 Å². The Morgan fingerprint density at radius 2 is 2.03 bits per heavy atom. The van der Waals surface area contributed by atoms with Gasteiger partial charge in [-0.2, -0.15) is 0 Å². The monoisotopic (exact) mass is 390 g/mol. The highest BCUT2D eigenvalue weighted by molar-refractivity contribution is 5.71. The Balaban J connectivity index is 1.83. The van der Waals surface area contributed by atoms with Crippen molar-refractivity contribution < 1.29 is 0 Å². The number of rotatable bonds is 9. The lowest BCUT2D eigenvalue weighted by molar-refractivity contribution is 0.0249. The standard InChI is InChI=1S/C27H38N2/c1-7-9-22(17-29-18-27(6,19-29)15-20(3)4)14-26(23-12-13-23)25(8-2)24-11-10-21(5)28-16-24/h7,9-11,14,16,23H,3,8,12-13,15,17-19H2,1-2,4-6H3/b9-7+,22-14+,26-25-. The van der Waals surface area contributed by atoms with Gasteiger partial charge in [0.15, 0.2) is 0 Å². The molecule has 0 unspecified atom stereocenters. The van der Waals surface area contributed by atoms with E-state index in [1.54, 1.807) is 0 Å². The molecule has 1 saturated carbocycles. The first-order valence-corrected chi connectivity index (χ1v) is 11.2. The molecule has 2 aliphatic rings. The number of pyridine rings is 1. The van der Waals surface area contributed by atoms with Crippen LogP contribution < -0.4 is 0 Å². The Morgan fingerprint density at radius 1 is 1.31 bits per heavy atom. The van der Waals surface area contributed by atoms with Crippen LogP contribution >= 0.6 is 0 Å². The SMILES string of the molecule is C=C(C)CC1(C)CN(CC(/C=C/C)=C/C(=C(\CC)c2ccc(C)nc2)C2CC2)C1. The summed E-state index contributed by atoms with van der Waals surface area (Å²) in [4.78, 5) is 7.13. The van der Waals surface area contributed by atoms with Crippen LogP contribution in [0.3, 0.4) is 0 Å². The minimum atomic E-state index is 0.407. The highest BCUT2D eigenvalue weighted by Gasteiger charge is 2.38. The number of aryl methyl sites for hydroxylation is 1. The minimum absolute atomic E-state index is 0.407. The molecule has 2 heteroatoms. The Labute approximate surface area is 178 Å². The first-order chi connectivity index (χ1) is 13.8. The van der Waals surface area contributed by atoms with E-state index in [2.05, 4.69) is 87.6 Å². The van der Waals surface area contributed by atoms with Gasteiger partial charge in [0.2, 0.25) is 0 Å². The van der Waals surface area contributed by atoms with E-state index in [1.165, 1.54) is 53.8 Å². The molecule has 2 heterocycles. The molecule has 0 spiro atoms. The van der Waals surface area contributed by atoms with E-state index < -0.39 is 0 Å². The van der Waals surface area contributed by atoms with E-state index in [0.717, 1.165) is 31.0 Å². The third kappa shape index (κ3) is 5.79. The van der Waals surface area contributed by atoms with E-state index in [4.69, 9.17) is 0 Å². The Hall–Kier alpha value is -1.93. The summed E-state index contributed by atoms with van der Waals surface area (Å²) in [7, 11) is 0. The normalized spacial score (nSPS) is 20.5. The van der Waals surface area contributed by atoms with Gasteiger partial charge in [-0.05, 0) is 86.1 Å². The van der Waals surface area contributed by atoms with E-state index in [1.807, 2.05) is 0 Å². The molecule has 0 atom stereocenters. The second-order valence-corrected chi connectivity index (χ2v) is 9.56. The molecule has 1 aliphatic carbocycles. The van der Waals surface area contributed by atoms with Gasteiger partial charge in [0, 0.05) is 31.5 Å². The van der Waals surface area contributed by atoms with Crippen LogP contribution in [-0.2, 0) is 0 Å². The molecule has 0 bridgehead atoms. The summed E-state index contributed by atoms with van der Waals surface area (Å²) in [6, 6.07) is 4.37. The number of likely N-dealkylation sites (tertiary alicyclic amines) is 1. The summed E-state index contributed by atoms with van der Waals surface area (Å²) in [5.41, 5.74) is 8.51. The lowest BCUT2D eigenvalue weighted by atomic mass is 9.77. The fraction of sp³-hybridized carbons (Fsp3) is 0.519. The van der Waals surface area contributed by atoms with Gasteiger partial charge in [-0.1, -0.05) is 43.7 Å². The van der Waals surface area contributed by atoms with Gasteiger partial charge in [-0.25, -0.2) is 0 Å². The smallest absolute Gasteiger partial charge is 0.0373 e. The van der Waals surface area contributed by atoms with Gasteiger partial charge >= 0.3 is 0 Å². The fourth-order valence-electron chi connectivity index (χ4n) is 4.87. The minimum Gasteiger partial charge on any atom is -0.298 e. The quantitative estimate of drug-likeness (QED) is 0.342. The van der Waals surface area contributed by atoms with Crippen molar-refractivity contribution in [1.29, 1.82) is 0 Å². The van der Waals surface area contributed by atoms with E-state index in [-0.39, 0.29) is 0 Å². The molecule has 1 saturated heterocycles. The van der Waals surface area contributed by atoms with Crippen LogP contribution in [0.15, 0.2) is 59.9 Å². The summed E-state index contributed by atoms with van der Waals surface area (Å²) in [5.74, 6) is 0.719. The largest absolute Gasteiger partial charge is 0.298 e. The van der Waals surface area contributed by atoms with Crippen LogP contribution in [0.4, 0.5) is 0 Å². The molecular formula is C27H38N2. The molecule has 1 aromatic rings. The average molecular weight is 391 g/mol. The van der Waals surface area contributed by atoms with E-state index in [9.17, 15) is 0 Å². The number of hydrogen-bond acceptors (Lipinski definition) is 2. The van der Waals surface area contributed by atoms with Crippen molar-refractivity contribution in [2.45, 2.75) is 60.3 Å². The summed E-state index contributed by atoms with van der Waals surface area (Å²) in [6.45, 7) is 18.5. The maximum absolute atomic E-state index is 4.55. The molecular weight excluding hydrogens is 352 g/mol. The number of hydrogen-bond donors (Lipinski definition) is 0. The van der Waals surface area contributed by atoms with E-state index >= 15 is 0 Å². The maximum atomic E-state index is 4.55. The molecule has 2 fully saturated rings. The van der Waals surface area contributed by atoms with Crippen molar-refractivity contribution in [3.05, 3.63) is 71.1 Å². The molecule has 29 heavy (non-hydrogen) atoms. The summed E-state index contributed by atoms with van der Waals surface area (Å²) >= 11 is 0. The zero-order valence-corrected chi connectivity index (χ0v) is 19.1. The van der Waals surface area contributed by atoms with Crippen LogP contribution in [0.2, 0.25) is 0 Å². The number of allylic oxidation sites excluding steroid dienone is 5. The first-order valence-electron chi connectivity index (χ1n) is 11.2. The van der Waals surface area contributed by atoms with Gasteiger partial charge in [0.1, 0.15) is 0 Å². The average Bonchev–Trinajstić information content (AvgIpc) is 3.46. The molecule has 2 nitrogen and oxygen atoms in total. The first kappa shape index (κ1) is 21.8. The molecule has 0 aromatic carbocycles. The van der Waals surface area contributed by atoms with Crippen molar-refractivity contribution in [2.75, 3.05) is 19.6 Å². The third-order valence-electron chi connectivity index (χ3n) is 6.05. The Kier molecular flexibility index (Phi) is 6.95. The van der Waals surface area contributed by atoms with Crippen LogP contribution in [0.25, 0.3) is 5.57 Å². The molecule has 1 aromatic heterocycles. The Bertz CT molecular complexity index is 813. The summed E-state index contributed by atoms with van der Waals surface area (Å²) in [5, 5.41) is 0. The zero-order chi connectivity index (χ0) is 21.0. The fourth-order valence-corrected chi connectivity index (χ4v) is 4.87. The lowest BCUT2D eigenvalue weighted by Crippen LogP contribution is -2.54. The van der Waals surface area contributed by atoms with Crippen molar-refractivity contribution in [3.63, 3.8) is 0 Å². The van der Waals surface area contributed by atoms with Crippen molar-refractivity contribution >= 4 is 5.57 Å². The maximum Gasteiger partial charge on any atom is 0.0373 e. The predicted molar refractivity (Wildman–Crippen MR) is 126 cm³/mol. The van der Waals surface area contributed by atoms with E-state index in [0.29, 0.717) is 5.41 Å². The van der Waals surface area contributed by atoms with Crippen molar-refractivity contribution in [3.8, 4) is 0 Å². The molecule has 0 N–H and O–H groups in total. The second-order valence-electron chi connectivity index (χ2n) is 9.56. The van der Waals surface area contributed by atoms with Gasteiger partial charge in [0.25, 0.3) is 0 Å². The highest BCUT2D eigenvalue weighted by atomic mass is 15.2. The summed E-state index contributed by atoms with van der Waals surface area (Å²) in [6.07, 6.45) is 13.9. The highest BCUT2D eigenvalue weighted by Crippen LogP contribution is 2.43. The molecule has 156 valence electrons. The van der Waals surface area contributed by atoms with Gasteiger partial charge in [-0.3, -0.25) is 9.88 Å². The summed E-state index contributed by atoms with van der Waals surface area (Å²) < 4.78 is 0. The molecule has 3 rings (SSSR count). The third-order valence-corrected chi connectivity index (χ3v) is 6.05. The molecule has 0 amide bonds. The molecule has 0 radical (unpaired) electrons. The van der Waals surface area contributed by atoms with Gasteiger partial charge < -0.3 is 0 Å². The van der Waals surface area contributed by atoms with Gasteiger partial charge in [-0.15, -0.1) is 6.58 Å². The second kappa shape index (κ2) is 9.26. The van der Waals surface area contributed by atoms with Crippen LogP contribution in [0.1, 0.15) is 64.6 Å². The van der Waals surface area contributed by atoms with Gasteiger partial charge in [0.05, 0.1) is 0 Å². The van der Waals surface area contributed by atoms with Crippen LogP contribution in [-0.4, -0.2) is 29.5 Å². The van der Waals surface area contributed by atoms with Crippen LogP contribution in [0, 0.1) is 18.3 Å². The number of nitrogens with zero attached hydrogens (tertiary/aromatic N) is 2. The Morgan fingerprint density at radius 3 is 2.55 bits per heavy atom.